The molecule has 2 aromatic rings. The van der Waals surface area contributed by atoms with E-state index in [4.69, 9.17) is 26.8 Å². The summed E-state index contributed by atoms with van der Waals surface area (Å²) in [4.78, 5) is 40.0. The number of β-lactam (4-membered cyclic amide) rings is 1. The zero-order valence-electron chi connectivity index (χ0n) is 17.9. The standard InChI is InChI=1S/C24H23ClN2O5S/c1-31-17-9-7-14(8-10-17)12-32-24(30)20-16(11-25)13-33-23-19(22(29)27(20)23)18(21(26)28)15-5-3-2-4-6-15/h2-10,18-19,23H,11-13H2,1H3,(H2,26,28). The number of primary amides is 1. The van der Waals surface area contributed by atoms with Crippen LogP contribution in [0.3, 0.4) is 0 Å². The van der Waals surface area contributed by atoms with Crippen LogP contribution in [0.1, 0.15) is 17.0 Å². The third kappa shape index (κ3) is 4.45. The van der Waals surface area contributed by atoms with Crippen LogP contribution < -0.4 is 10.5 Å². The van der Waals surface area contributed by atoms with Crippen molar-refractivity contribution in [2.45, 2.75) is 17.9 Å². The molecule has 2 N–H and O–H groups in total. The second-order valence-electron chi connectivity index (χ2n) is 7.74. The zero-order chi connectivity index (χ0) is 23.5. The van der Waals surface area contributed by atoms with E-state index in [1.165, 1.54) is 16.7 Å². The normalized spacial score (nSPS) is 20.5. The Morgan fingerprint density at radius 3 is 2.48 bits per heavy atom. The Bertz CT molecular complexity index is 1090. The molecule has 0 saturated carbocycles. The molecule has 0 bridgehead atoms. The van der Waals surface area contributed by atoms with Gasteiger partial charge in [-0.2, -0.15) is 0 Å². The van der Waals surface area contributed by atoms with Gasteiger partial charge in [0.1, 0.15) is 18.1 Å². The number of ether oxygens (including phenoxy) is 2. The molecular formula is C24H23ClN2O5S. The number of methoxy groups -OCH3 is 1. The molecule has 1 saturated heterocycles. The number of carbonyl (C=O) groups is 3. The number of rotatable bonds is 8. The second kappa shape index (κ2) is 9.89. The minimum atomic E-state index is -0.776. The van der Waals surface area contributed by atoms with E-state index in [1.54, 1.807) is 55.6 Å². The van der Waals surface area contributed by atoms with Crippen LogP contribution >= 0.6 is 23.4 Å². The SMILES string of the molecule is COc1ccc(COC(=O)C2=C(CCl)CSC3C(C(C(N)=O)c4ccccc4)C(=O)N23)cc1. The molecule has 1 fully saturated rings. The average Bonchev–Trinajstić information content (AvgIpc) is 2.85. The molecule has 33 heavy (non-hydrogen) atoms. The molecular weight excluding hydrogens is 464 g/mol. The first-order chi connectivity index (χ1) is 16.0. The highest BCUT2D eigenvalue weighted by Gasteiger charge is 2.57. The number of esters is 1. The minimum absolute atomic E-state index is 0.0408. The summed E-state index contributed by atoms with van der Waals surface area (Å²) in [7, 11) is 1.57. The van der Waals surface area contributed by atoms with Crippen LogP contribution in [0.15, 0.2) is 65.9 Å². The third-order valence-electron chi connectivity index (χ3n) is 5.80. The molecule has 4 rings (SSSR count). The topological polar surface area (TPSA) is 98.9 Å². The molecule has 3 atom stereocenters. The third-order valence-corrected chi connectivity index (χ3v) is 7.48. The van der Waals surface area contributed by atoms with Gasteiger partial charge in [0, 0.05) is 11.6 Å². The summed E-state index contributed by atoms with van der Waals surface area (Å²) in [5, 5.41) is -0.397. The number of thioether (sulfide) groups is 1. The number of benzene rings is 2. The average molecular weight is 487 g/mol. The molecule has 2 aliphatic heterocycles. The van der Waals surface area contributed by atoms with Crippen LogP contribution in [0, 0.1) is 5.92 Å². The lowest BCUT2D eigenvalue weighted by atomic mass is 9.78. The second-order valence-corrected chi connectivity index (χ2v) is 9.11. The number of halogens is 1. The van der Waals surface area contributed by atoms with Gasteiger partial charge in [0.05, 0.1) is 24.3 Å². The number of hydrogen-bond acceptors (Lipinski definition) is 6. The predicted molar refractivity (Wildman–Crippen MR) is 125 cm³/mol. The quantitative estimate of drug-likeness (QED) is 0.350. The molecule has 0 aromatic heterocycles. The van der Waals surface area contributed by atoms with Crippen molar-refractivity contribution < 1.29 is 23.9 Å². The van der Waals surface area contributed by atoms with E-state index in [-0.39, 0.29) is 24.1 Å². The fraction of sp³-hybridized carbons (Fsp3) is 0.292. The van der Waals surface area contributed by atoms with Crippen LogP contribution in [-0.2, 0) is 25.7 Å². The predicted octanol–water partition coefficient (Wildman–Crippen LogP) is 3.03. The summed E-state index contributed by atoms with van der Waals surface area (Å²) < 4.78 is 10.6. The molecule has 2 amide bonds. The molecule has 2 aromatic carbocycles. The van der Waals surface area contributed by atoms with Crippen LogP contribution in [0.5, 0.6) is 5.75 Å². The van der Waals surface area contributed by atoms with Crippen molar-refractivity contribution in [2.24, 2.45) is 11.7 Å². The number of hydrogen-bond donors (Lipinski definition) is 1. The number of amides is 2. The Labute approximate surface area is 200 Å². The molecule has 3 unspecified atom stereocenters. The van der Waals surface area contributed by atoms with Crippen molar-refractivity contribution in [3.63, 3.8) is 0 Å². The first-order valence-electron chi connectivity index (χ1n) is 10.3. The number of carbonyl (C=O) groups excluding carboxylic acids is 3. The Balaban J connectivity index is 1.54. The van der Waals surface area contributed by atoms with E-state index in [2.05, 4.69) is 0 Å². The molecule has 172 valence electrons. The van der Waals surface area contributed by atoms with Crippen LogP contribution in [-0.4, -0.2) is 46.8 Å². The number of alkyl halides is 1. The van der Waals surface area contributed by atoms with E-state index in [9.17, 15) is 14.4 Å². The Hall–Kier alpha value is -2.97. The summed E-state index contributed by atoms with van der Waals surface area (Å²) in [5.41, 5.74) is 7.94. The van der Waals surface area contributed by atoms with Crippen LogP contribution in [0.2, 0.25) is 0 Å². The Morgan fingerprint density at radius 2 is 1.88 bits per heavy atom. The smallest absolute Gasteiger partial charge is 0.355 e. The Morgan fingerprint density at radius 1 is 1.18 bits per heavy atom. The van der Waals surface area contributed by atoms with E-state index >= 15 is 0 Å². The van der Waals surface area contributed by atoms with Gasteiger partial charge in [0.2, 0.25) is 11.8 Å². The first kappa shape index (κ1) is 23.2. The fourth-order valence-corrected chi connectivity index (χ4v) is 5.91. The lowest BCUT2D eigenvalue weighted by Crippen LogP contribution is -2.64. The summed E-state index contributed by atoms with van der Waals surface area (Å²) in [6.07, 6.45) is 0. The van der Waals surface area contributed by atoms with Gasteiger partial charge in [0.15, 0.2) is 0 Å². The van der Waals surface area contributed by atoms with E-state index < -0.39 is 29.1 Å². The largest absolute Gasteiger partial charge is 0.497 e. The van der Waals surface area contributed by atoms with Crippen molar-refractivity contribution in [3.05, 3.63) is 77.0 Å². The van der Waals surface area contributed by atoms with Gasteiger partial charge in [-0.3, -0.25) is 14.5 Å². The van der Waals surface area contributed by atoms with E-state index in [0.29, 0.717) is 22.6 Å². The molecule has 0 spiro atoms. The highest BCUT2D eigenvalue weighted by atomic mass is 35.5. The van der Waals surface area contributed by atoms with Gasteiger partial charge >= 0.3 is 5.97 Å². The molecule has 7 nitrogen and oxygen atoms in total. The fourth-order valence-electron chi connectivity index (χ4n) is 4.13. The first-order valence-corrected chi connectivity index (χ1v) is 11.9. The van der Waals surface area contributed by atoms with E-state index in [0.717, 1.165) is 5.56 Å². The molecule has 2 aliphatic rings. The number of fused-ring (bicyclic) bond motifs is 1. The van der Waals surface area contributed by atoms with Crippen molar-refractivity contribution in [3.8, 4) is 5.75 Å². The maximum atomic E-state index is 13.2. The highest BCUT2D eigenvalue weighted by molar-refractivity contribution is 8.00. The molecule has 0 radical (unpaired) electrons. The molecule has 2 heterocycles. The molecule has 9 heteroatoms. The lowest BCUT2D eigenvalue weighted by Gasteiger charge is -2.51. The van der Waals surface area contributed by atoms with Gasteiger partial charge in [-0.15, -0.1) is 23.4 Å². The summed E-state index contributed by atoms with van der Waals surface area (Å²) >= 11 is 7.57. The molecule has 0 aliphatic carbocycles. The van der Waals surface area contributed by atoms with Crippen molar-refractivity contribution in [1.29, 1.82) is 0 Å². The van der Waals surface area contributed by atoms with Crippen LogP contribution in [0.4, 0.5) is 0 Å². The number of nitrogens with two attached hydrogens (primary N) is 1. The zero-order valence-corrected chi connectivity index (χ0v) is 19.5. The maximum absolute atomic E-state index is 13.2. The van der Waals surface area contributed by atoms with Crippen molar-refractivity contribution >= 4 is 41.1 Å². The van der Waals surface area contributed by atoms with Gasteiger partial charge in [-0.25, -0.2) is 4.79 Å². The van der Waals surface area contributed by atoms with Gasteiger partial charge < -0.3 is 15.2 Å². The summed E-state index contributed by atoms with van der Waals surface area (Å²) in [6.45, 7) is 0.0408. The monoisotopic (exact) mass is 486 g/mol. The highest BCUT2D eigenvalue weighted by Crippen LogP contribution is 2.49. The summed E-state index contributed by atoms with van der Waals surface area (Å²) in [5.74, 6) is -1.70. The maximum Gasteiger partial charge on any atom is 0.355 e. The number of nitrogens with zero attached hydrogens (tertiary/aromatic N) is 1. The van der Waals surface area contributed by atoms with Gasteiger partial charge in [0.25, 0.3) is 0 Å². The van der Waals surface area contributed by atoms with Crippen molar-refractivity contribution in [2.75, 3.05) is 18.7 Å². The van der Waals surface area contributed by atoms with Gasteiger partial charge in [-0.05, 0) is 28.8 Å². The van der Waals surface area contributed by atoms with Crippen LogP contribution in [0.25, 0.3) is 0 Å². The summed E-state index contributed by atoms with van der Waals surface area (Å²) in [6, 6.07) is 16.1. The van der Waals surface area contributed by atoms with Crippen molar-refractivity contribution in [1.82, 2.24) is 4.90 Å². The lowest BCUT2D eigenvalue weighted by molar-refractivity contribution is -0.157. The minimum Gasteiger partial charge on any atom is -0.497 e. The van der Waals surface area contributed by atoms with E-state index in [1.807, 2.05) is 6.07 Å². The van der Waals surface area contributed by atoms with Gasteiger partial charge in [-0.1, -0.05) is 42.5 Å². The Kier molecular flexibility index (Phi) is 6.95.